The average molecular weight is 409 g/mol. The van der Waals surface area contributed by atoms with Gasteiger partial charge in [0.25, 0.3) is 5.91 Å². The number of carbonyl (C=O) groups excluding carboxylic acids is 2. The van der Waals surface area contributed by atoms with Gasteiger partial charge in [-0.15, -0.1) is 0 Å². The van der Waals surface area contributed by atoms with Crippen molar-refractivity contribution in [3.8, 4) is 11.5 Å². The van der Waals surface area contributed by atoms with Crippen molar-refractivity contribution in [2.45, 2.75) is 25.8 Å². The fraction of sp³-hybridized carbons (Fsp3) is 0.333. The highest BCUT2D eigenvalue weighted by atomic mass is 16.5. The molecule has 1 saturated heterocycles. The number of amides is 1. The molecule has 1 atom stereocenters. The number of likely N-dealkylation sites (tertiary alicyclic amines) is 1. The highest BCUT2D eigenvalue weighted by Gasteiger charge is 2.32. The van der Waals surface area contributed by atoms with E-state index in [-0.39, 0.29) is 18.6 Å². The van der Waals surface area contributed by atoms with Gasteiger partial charge in [-0.25, -0.2) is 4.79 Å². The van der Waals surface area contributed by atoms with Gasteiger partial charge in [-0.3, -0.25) is 4.79 Å². The maximum absolute atomic E-state index is 12.8. The lowest BCUT2D eigenvalue weighted by Gasteiger charge is -2.26. The summed E-state index contributed by atoms with van der Waals surface area (Å²) in [5, 5.41) is 0. The Kier molecular flexibility index (Phi) is 7.12. The number of nitrogens with zero attached hydrogens (tertiary/aromatic N) is 1. The fourth-order valence-electron chi connectivity index (χ4n) is 3.68. The Hall–Kier alpha value is -3.28. The number of benzene rings is 2. The Bertz CT molecular complexity index is 937. The van der Waals surface area contributed by atoms with Crippen molar-refractivity contribution in [3.05, 3.63) is 65.2 Å². The Labute approximate surface area is 177 Å². The van der Waals surface area contributed by atoms with E-state index in [1.165, 1.54) is 6.08 Å². The monoisotopic (exact) mass is 409 g/mol. The third-order valence-corrected chi connectivity index (χ3v) is 5.29. The van der Waals surface area contributed by atoms with Crippen LogP contribution in [-0.4, -0.2) is 44.1 Å². The molecule has 0 unspecified atom stereocenters. The van der Waals surface area contributed by atoms with Crippen LogP contribution >= 0.6 is 0 Å². The Morgan fingerprint density at radius 1 is 1.13 bits per heavy atom. The van der Waals surface area contributed by atoms with Crippen LogP contribution < -0.4 is 9.47 Å². The van der Waals surface area contributed by atoms with Crippen molar-refractivity contribution in [2.75, 3.05) is 27.4 Å². The summed E-state index contributed by atoms with van der Waals surface area (Å²) in [4.78, 5) is 26.6. The van der Waals surface area contributed by atoms with Crippen LogP contribution in [-0.2, 0) is 14.3 Å². The van der Waals surface area contributed by atoms with E-state index in [0.29, 0.717) is 18.0 Å². The summed E-state index contributed by atoms with van der Waals surface area (Å²) in [7, 11) is 3.21. The number of methoxy groups -OCH3 is 2. The maximum atomic E-state index is 12.8. The molecule has 1 fully saturated rings. The predicted molar refractivity (Wildman–Crippen MR) is 114 cm³/mol. The minimum absolute atomic E-state index is 0.135. The van der Waals surface area contributed by atoms with E-state index in [9.17, 15) is 9.59 Å². The van der Waals surface area contributed by atoms with Gasteiger partial charge in [0, 0.05) is 18.2 Å². The first kappa shape index (κ1) is 21.4. The number of esters is 1. The van der Waals surface area contributed by atoms with E-state index in [1.807, 2.05) is 49.4 Å². The summed E-state index contributed by atoms with van der Waals surface area (Å²) in [5.74, 6) is 0.651. The van der Waals surface area contributed by atoms with Crippen molar-refractivity contribution >= 4 is 18.0 Å². The van der Waals surface area contributed by atoms with Crippen molar-refractivity contribution in [1.29, 1.82) is 0 Å². The molecular formula is C24H27NO5. The molecule has 2 aromatic rings. The zero-order valence-corrected chi connectivity index (χ0v) is 17.6. The molecule has 0 N–H and O–H groups in total. The Morgan fingerprint density at radius 3 is 2.67 bits per heavy atom. The molecule has 0 aromatic heterocycles. The SMILES string of the molecule is COc1ccc(OC)c([C@H]2CCCN2C(=O)COC(=O)/C=C/c2ccccc2C)c1. The van der Waals surface area contributed by atoms with Crippen LogP contribution in [0, 0.1) is 6.92 Å². The Morgan fingerprint density at radius 2 is 1.93 bits per heavy atom. The molecule has 2 aromatic carbocycles. The molecule has 0 bridgehead atoms. The molecule has 0 aliphatic carbocycles. The lowest BCUT2D eigenvalue weighted by atomic mass is 10.0. The summed E-state index contributed by atoms with van der Waals surface area (Å²) in [6.45, 7) is 2.29. The van der Waals surface area contributed by atoms with E-state index >= 15 is 0 Å². The molecule has 0 spiro atoms. The third-order valence-electron chi connectivity index (χ3n) is 5.29. The zero-order valence-electron chi connectivity index (χ0n) is 17.6. The van der Waals surface area contributed by atoms with Gasteiger partial charge in [0.1, 0.15) is 11.5 Å². The van der Waals surface area contributed by atoms with Gasteiger partial charge in [-0.05, 0) is 55.2 Å². The lowest BCUT2D eigenvalue weighted by Crippen LogP contribution is -2.34. The molecule has 6 heteroatoms. The first-order chi connectivity index (χ1) is 14.5. The van der Waals surface area contributed by atoms with E-state index in [4.69, 9.17) is 14.2 Å². The van der Waals surface area contributed by atoms with Crippen LogP contribution in [0.25, 0.3) is 6.08 Å². The van der Waals surface area contributed by atoms with Gasteiger partial charge in [0.2, 0.25) is 0 Å². The first-order valence-electron chi connectivity index (χ1n) is 9.95. The second-order valence-electron chi connectivity index (χ2n) is 7.15. The molecule has 30 heavy (non-hydrogen) atoms. The van der Waals surface area contributed by atoms with Gasteiger partial charge in [-0.2, -0.15) is 0 Å². The minimum Gasteiger partial charge on any atom is -0.497 e. The molecule has 1 heterocycles. The topological polar surface area (TPSA) is 65.1 Å². The van der Waals surface area contributed by atoms with Crippen molar-refractivity contribution in [3.63, 3.8) is 0 Å². The second kappa shape index (κ2) is 9.96. The van der Waals surface area contributed by atoms with E-state index in [2.05, 4.69) is 0 Å². The number of aryl methyl sites for hydroxylation is 1. The van der Waals surface area contributed by atoms with Gasteiger partial charge in [0.05, 0.1) is 20.3 Å². The third kappa shape index (κ3) is 5.00. The minimum atomic E-state index is -0.540. The summed E-state index contributed by atoms with van der Waals surface area (Å²) >= 11 is 0. The number of carbonyl (C=O) groups is 2. The standard InChI is InChI=1S/C24H27NO5/c1-17-7-4-5-8-18(17)10-13-24(27)30-16-23(26)25-14-6-9-21(25)20-15-19(28-2)11-12-22(20)29-3/h4-5,7-8,10-13,15,21H,6,9,14,16H2,1-3H3/b13-10+/t21-/m1/s1. The van der Waals surface area contributed by atoms with Gasteiger partial charge in [-0.1, -0.05) is 24.3 Å². The van der Waals surface area contributed by atoms with Crippen LogP contribution in [0.5, 0.6) is 11.5 Å². The Balaban J connectivity index is 1.64. The van der Waals surface area contributed by atoms with Crippen molar-refractivity contribution in [2.24, 2.45) is 0 Å². The number of hydrogen-bond acceptors (Lipinski definition) is 5. The van der Waals surface area contributed by atoms with Gasteiger partial charge < -0.3 is 19.1 Å². The van der Waals surface area contributed by atoms with Crippen molar-refractivity contribution < 1.29 is 23.8 Å². The number of rotatable bonds is 7. The van der Waals surface area contributed by atoms with Gasteiger partial charge >= 0.3 is 5.97 Å². The summed E-state index contributed by atoms with van der Waals surface area (Å²) in [6.07, 6.45) is 4.73. The maximum Gasteiger partial charge on any atom is 0.331 e. The smallest absolute Gasteiger partial charge is 0.331 e. The molecule has 158 valence electrons. The second-order valence-corrected chi connectivity index (χ2v) is 7.15. The van der Waals surface area contributed by atoms with Crippen LogP contribution in [0.3, 0.4) is 0 Å². The number of ether oxygens (including phenoxy) is 3. The fourth-order valence-corrected chi connectivity index (χ4v) is 3.68. The first-order valence-corrected chi connectivity index (χ1v) is 9.95. The van der Waals surface area contributed by atoms with Crippen LogP contribution in [0.1, 0.15) is 35.6 Å². The molecule has 3 rings (SSSR count). The quantitative estimate of drug-likeness (QED) is 0.512. The van der Waals surface area contributed by atoms with Crippen LogP contribution in [0.2, 0.25) is 0 Å². The normalized spacial score (nSPS) is 16.0. The number of hydrogen-bond donors (Lipinski definition) is 0. The van der Waals surface area contributed by atoms with Crippen LogP contribution in [0.15, 0.2) is 48.5 Å². The summed E-state index contributed by atoms with van der Waals surface area (Å²) in [5.41, 5.74) is 2.89. The molecule has 6 nitrogen and oxygen atoms in total. The predicted octanol–water partition coefficient (Wildman–Crippen LogP) is 3.93. The highest BCUT2D eigenvalue weighted by molar-refractivity contribution is 5.89. The van der Waals surface area contributed by atoms with E-state index in [1.54, 1.807) is 25.2 Å². The van der Waals surface area contributed by atoms with Crippen LogP contribution in [0.4, 0.5) is 0 Å². The molecule has 0 saturated carbocycles. The molecule has 1 aliphatic rings. The van der Waals surface area contributed by atoms with Crippen molar-refractivity contribution in [1.82, 2.24) is 4.90 Å². The van der Waals surface area contributed by atoms with E-state index in [0.717, 1.165) is 29.5 Å². The van der Waals surface area contributed by atoms with E-state index < -0.39 is 5.97 Å². The molecule has 1 amide bonds. The summed E-state index contributed by atoms with van der Waals surface area (Å²) in [6, 6.07) is 13.2. The lowest BCUT2D eigenvalue weighted by molar-refractivity contribution is -0.148. The largest absolute Gasteiger partial charge is 0.497 e. The summed E-state index contributed by atoms with van der Waals surface area (Å²) < 4.78 is 16.0. The molecule has 1 aliphatic heterocycles. The van der Waals surface area contributed by atoms with Gasteiger partial charge in [0.15, 0.2) is 6.61 Å². The molecule has 0 radical (unpaired) electrons. The zero-order chi connectivity index (χ0) is 21.5. The average Bonchev–Trinajstić information content (AvgIpc) is 3.26. The molecular weight excluding hydrogens is 382 g/mol. The highest BCUT2D eigenvalue weighted by Crippen LogP contribution is 2.38.